The molecule has 1 heterocycles. The minimum atomic E-state index is -6.59. The van der Waals surface area contributed by atoms with E-state index in [0.29, 0.717) is 56.7 Å². The predicted octanol–water partition coefficient (Wildman–Crippen LogP) is 9.35. The van der Waals surface area contributed by atoms with Gasteiger partial charge in [0, 0.05) is 12.2 Å². The van der Waals surface area contributed by atoms with Crippen molar-refractivity contribution in [2.75, 3.05) is 19.8 Å². The van der Waals surface area contributed by atoms with E-state index in [9.17, 15) is 43.9 Å². The number of aromatic nitrogens is 2. The second-order valence-corrected chi connectivity index (χ2v) is 10.2. The molecule has 0 unspecified atom stereocenters. The summed E-state index contributed by atoms with van der Waals surface area (Å²) in [4.78, 5) is 8.63. The van der Waals surface area contributed by atoms with E-state index in [1.54, 1.807) is 12.4 Å². The first-order chi connectivity index (χ1) is 20.6. The maximum atomic E-state index is 13.5. The van der Waals surface area contributed by atoms with Crippen LogP contribution in [0.15, 0.2) is 36.7 Å². The number of ether oxygens (including phenoxy) is 3. The van der Waals surface area contributed by atoms with Crippen molar-refractivity contribution in [2.24, 2.45) is 0 Å². The van der Waals surface area contributed by atoms with Crippen molar-refractivity contribution in [3.63, 3.8) is 0 Å². The monoisotopic (exact) mass is 650 g/mol. The Bertz CT molecular complexity index is 1080. The van der Waals surface area contributed by atoms with Gasteiger partial charge in [0.1, 0.15) is 12.8 Å². The van der Waals surface area contributed by atoms with Crippen LogP contribution in [-0.2, 0) is 15.9 Å². The molecular weight excluding hydrogens is 614 g/mol. The second kappa shape index (κ2) is 17.1. The first-order valence-electron chi connectivity index (χ1n) is 14.2. The van der Waals surface area contributed by atoms with E-state index in [0.717, 1.165) is 30.4 Å². The summed E-state index contributed by atoms with van der Waals surface area (Å²) in [6.07, 6.45) is -10.7. The molecule has 0 N–H and O–H groups in total. The Balaban J connectivity index is 1.63. The fourth-order valence-electron chi connectivity index (χ4n) is 3.94. The van der Waals surface area contributed by atoms with E-state index in [1.807, 2.05) is 31.2 Å². The Morgan fingerprint density at radius 1 is 0.727 bits per heavy atom. The van der Waals surface area contributed by atoms with Gasteiger partial charge in [-0.2, -0.15) is 39.5 Å². The normalized spacial score (nSPS) is 13.7. The van der Waals surface area contributed by atoms with Gasteiger partial charge in [-0.1, -0.05) is 50.5 Å². The van der Waals surface area contributed by atoms with Crippen LogP contribution in [0.2, 0.25) is 0 Å². The first kappa shape index (κ1) is 37.5. The molecule has 0 fully saturated rings. The average Bonchev–Trinajstić information content (AvgIpc) is 2.94. The molecule has 0 bridgehead atoms. The Labute approximate surface area is 249 Å². The van der Waals surface area contributed by atoms with E-state index in [1.165, 1.54) is 0 Å². The van der Waals surface area contributed by atoms with E-state index in [4.69, 9.17) is 4.74 Å². The Hall–Kier alpha value is -2.68. The van der Waals surface area contributed by atoms with E-state index < -0.39 is 43.7 Å². The van der Waals surface area contributed by atoms with E-state index in [2.05, 4.69) is 19.4 Å². The third-order valence-electron chi connectivity index (χ3n) is 6.42. The highest BCUT2D eigenvalue weighted by Gasteiger charge is 2.70. The highest BCUT2D eigenvalue weighted by Crippen LogP contribution is 2.45. The average molecular weight is 651 g/mol. The van der Waals surface area contributed by atoms with Crippen molar-refractivity contribution in [3.8, 4) is 17.1 Å². The summed E-state index contributed by atoms with van der Waals surface area (Å²) in [6.45, 7) is -0.125. The number of hydrogen-bond acceptors (Lipinski definition) is 5. The summed E-state index contributed by atoms with van der Waals surface area (Å²) in [5.41, 5.74) is 1.80. The molecule has 0 aliphatic heterocycles. The summed E-state index contributed by atoms with van der Waals surface area (Å²) in [7, 11) is 0. The number of hydrogen-bond donors (Lipinski definition) is 0. The maximum absolute atomic E-state index is 13.5. The molecule has 0 amide bonds. The molecule has 2 aromatic rings. The Morgan fingerprint density at radius 3 is 1.95 bits per heavy atom. The van der Waals surface area contributed by atoms with Crippen LogP contribution in [0.4, 0.5) is 43.9 Å². The molecule has 0 radical (unpaired) electrons. The number of alkyl halides is 10. The summed E-state index contributed by atoms with van der Waals surface area (Å²) in [6, 6.07) is 7.50. The zero-order valence-corrected chi connectivity index (χ0v) is 24.1. The number of benzene rings is 1. The van der Waals surface area contributed by atoms with E-state index in [-0.39, 0.29) is 6.42 Å². The smallest absolute Gasteiger partial charge is 0.483 e. The van der Waals surface area contributed by atoms with Crippen LogP contribution in [0.3, 0.4) is 0 Å². The number of rotatable bonds is 21. The molecule has 0 aliphatic rings. The van der Waals surface area contributed by atoms with Crippen molar-refractivity contribution in [3.05, 3.63) is 42.2 Å². The van der Waals surface area contributed by atoms with Gasteiger partial charge in [0.05, 0.1) is 19.0 Å². The molecule has 44 heavy (non-hydrogen) atoms. The van der Waals surface area contributed by atoms with Crippen molar-refractivity contribution in [1.82, 2.24) is 9.97 Å². The quantitative estimate of drug-likeness (QED) is 0.0996. The minimum absolute atomic E-state index is 0.175. The summed E-state index contributed by atoms with van der Waals surface area (Å²) >= 11 is 0. The van der Waals surface area contributed by atoms with Gasteiger partial charge in [-0.25, -0.2) is 19.1 Å². The third kappa shape index (κ3) is 12.4. The molecule has 1 atom stereocenters. The summed E-state index contributed by atoms with van der Waals surface area (Å²) < 4.78 is 140. The molecule has 15 heteroatoms. The van der Waals surface area contributed by atoms with Crippen molar-refractivity contribution >= 4 is 0 Å². The van der Waals surface area contributed by atoms with Gasteiger partial charge in [-0.15, -0.1) is 0 Å². The number of unbranched alkanes of at least 4 members (excludes halogenated alkanes) is 4. The highest BCUT2D eigenvalue weighted by molar-refractivity contribution is 5.55. The van der Waals surface area contributed by atoms with Crippen LogP contribution in [0, 0.1) is 0 Å². The Kier molecular flexibility index (Phi) is 14.6. The molecule has 2 rings (SSSR count). The fraction of sp³-hybridized carbons (Fsp3) is 0.655. The molecule has 5 nitrogen and oxygen atoms in total. The molecule has 1 aromatic carbocycles. The molecular formula is C29H36F10N2O3. The predicted molar refractivity (Wildman–Crippen MR) is 142 cm³/mol. The lowest BCUT2D eigenvalue weighted by Gasteiger charge is -2.30. The largest absolute Gasteiger partial charge is 0.490 e. The van der Waals surface area contributed by atoms with Crippen LogP contribution in [0.25, 0.3) is 11.4 Å². The SMILES string of the molecule is CCC[C@@H](F)CCCCOc1cnc(-c2ccc(CCCCCCOCC(F)(F)C(F)(F)OC(F)(F)C(F)(F)F)cc2)nc1. The first-order valence-corrected chi connectivity index (χ1v) is 14.2. The molecule has 0 spiro atoms. The lowest BCUT2D eigenvalue weighted by molar-refractivity contribution is -0.487. The second-order valence-electron chi connectivity index (χ2n) is 10.2. The van der Waals surface area contributed by atoms with Crippen molar-refractivity contribution < 1.29 is 58.1 Å². The zero-order valence-electron chi connectivity index (χ0n) is 24.1. The van der Waals surface area contributed by atoms with Gasteiger partial charge < -0.3 is 9.47 Å². The van der Waals surface area contributed by atoms with Gasteiger partial charge in [-0.05, 0) is 50.5 Å². The van der Waals surface area contributed by atoms with Gasteiger partial charge >= 0.3 is 24.3 Å². The summed E-state index contributed by atoms with van der Waals surface area (Å²) in [5, 5.41) is 0. The number of halogens is 10. The van der Waals surface area contributed by atoms with Crippen LogP contribution < -0.4 is 4.74 Å². The van der Waals surface area contributed by atoms with Crippen LogP contribution >= 0.6 is 0 Å². The molecule has 250 valence electrons. The number of nitrogens with zero attached hydrogens (tertiary/aromatic N) is 2. The van der Waals surface area contributed by atoms with Gasteiger partial charge in [-0.3, -0.25) is 0 Å². The topological polar surface area (TPSA) is 53.5 Å². The standard InChI is InChI=1S/C29H36F10N2O3/c1-2-9-23(30)11-6-8-17-43-24-18-40-25(41-19-24)22-14-12-21(13-15-22)10-5-3-4-7-16-42-20-26(31,32)28(36,37)44-29(38,39)27(33,34)35/h12-15,18-19,23H,2-11,16-17,20H2,1H3/t23-/m1/s1. The van der Waals surface area contributed by atoms with Crippen LogP contribution in [-0.4, -0.2) is 60.3 Å². The lowest BCUT2D eigenvalue weighted by Crippen LogP contribution is -2.53. The fourth-order valence-corrected chi connectivity index (χ4v) is 3.94. The van der Waals surface area contributed by atoms with E-state index >= 15 is 0 Å². The van der Waals surface area contributed by atoms with Crippen LogP contribution in [0.1, 0.15) is 70.3 Å². The van der Waals surface area contributed by atoms with Gasteiger partial charge in [0.2, 0.25) is 0 Å². The minimum Gasteiger partial charge on any atom is -0.490 e. The highest BCUT2D eigenvalue weighted by atomic mass is 19.4. The molecule has 0 saturated carbocycles. The summed E-state index contributed by atoms with van der Waals surface area (Å²) in [5.74, 6) is -4.38. The lowest BCUT2D eigenvalue weighted by atomic mass is 10.0. The van der Waals surface area contributed by atoms with Gasteiger partial charge in [0.25, 0.3) is 0 Å². The van der Waals surface area contributed by atoms with Gasteiger partial charge in [0.15, 0.2) is 11.6 Å². The Morgan fingerprint density at radius 2 is 1.34 bits per heavy atom. The molecule has 0 aliphatic carbocycles. The molecule has 0 saturated heterocycles. The number of aryl methyl sites for hydroxylation is 1. The maximum Gasteiger partial charge on any atom is 0.483 e. The van der Waals surface area contributed by atoms with Crippen LogP contribution in [0.5, 0.6) is 5.75 Å². The third-order valence-corrected chi connectivity index (χ3v) is 6.42. The zero-order chi connectivity index (χ0) is 32.9. The van der Waals surface area contributed by atoms with Crippen molar-refractivity contribution in [1.29, 1.82) is 0 Å². The molecule has 1 aromatic heterocycles. The van der Waals surface area contributed by atoms with Crippen molar-refractivity contribution in [2.45, 2.75) is 102 Å².